The fourth-order valence-electron chi connectivity index (χ4n) is 1.86. The topological polar surface area (TPSA) is 60.2 Å². The van der Waals surface area contributed by atoms with Crippen molar-refractivity contribution < 1.29 is 14.3 Å². The lowest BCUT2D eigenvalue weighted by molar-refractivity contribution is 0.0526. The lowest BCUT2D eigenvalue weighted by atomic mass is 10.2. The molecule has 124 valence electrons. The Morgan fingerprint density at radius 2 is 1.62 bits per heavy atom. The SMILES string of the molecule is C=CCCOc1ccc(N=Nc2ccc(C(=O)OCC)cc2)cc1. The van der Waals surface area contributed by atoms with Crippen LogP contribution in [0.5, 0.6) is 5.75 Å². The molecule has 0 saturated heterocycles. The molecule has 2 rings (SSSR count). The van der Waals surface area contributed by atoms with Crippen LogP contribution in [0.4, 0.5) is 11.4 Å². The average molecular weight is 324 g/mol. The number of esters is 1. The van der Waals surface area contributed by atoms with E-state index in [2.05, 4.69) is 16.8 Å². The zero-order valence-electron chi connectivity index (χ0n) is 13.6. The van der Waals surface area contributed by atoms with Crippen LogP contribution in [0, 0.1) is 0 Å². The summed E-state index contributed by atoms with van der Waals surface area (Å²) in [4.78, 5) is 11.6. The molecule has 0 spiro atoms. The normalized spacial score (nSPS) is 10.5. The highest BCUT2D eigenvalue weighted by Crippen LogP contribution is 2.21. The number of carbonyl (C=O) groups excluding carboxylic acids is 1. The number of rotatable bonds is 8. The highest BCUT2D eigenvalue weighted by atomic mass is 16.5. The van der Waals surface area contributed by atoms with Crippen molar-refractivity contribution >= 4 is 17.3 Å². The van der Waals surface area contributed by atoms with Crippen LogP contribution in [-0.4, -0.2) is 19.2 Å². The monoisotopic (exact) mass is 324 g/mol. The largest absolute Gasteiger partial charge is 0.493 e. The molecule has 0 bridgehead atoms. The molecule has 2 aromatic rings. The third-order valence-electron chi connectivity index (χ3n) is 3.09. The third kappa shape index (κ3) is 5.35. The van der Waals surface area contributed by atoms with Crippen LogP contribution in [-0.2, 0) is 4.74 Å². The molecule has 5 nitrogen and oxygen atoms in total. The minimum atomic E-state index is -0.340. The first-order chi connectivity index (χ1) is 11.7. The summed E-state index contributed by atoms with van der Waals surface area (Å²) in [6, 6.07) is 14.2. The van der Waals surface area contributed by atoms with E-state index in [4.69, 9.17) is 9.47 Å². The average Bonchev–Trinajstić information content (AvgIpc) is 2.62. The standard InChI is InChI=1S/C19H20N2O3/c1-3-5-14-24-18-12-10-17(11-13-18)21-20-16-8-6-15(7-9-16)19(22)23-4-2/h3,6-13H,1,4-5,14H2,2H3. The van der Waals surface area contributed by atoms with Gasteiger partial charge in [-0.15, -0.1) is 6.58 Å². The summed E-state index contributed by atoms with van der Waals surface area (Å²) in [5.74, 6) is 0.447. The van der Waals surface area contributed by atoms with Gasteiger partial charge in [0.25, 0.3) is 0 Å². The molecule has 0 atom stereocenters. The first-order valence-corrected chi connectivity index (χ1v) is 7.75. The van der Waals surface area contributed by atoms with Crippen molar-refractivity contribution in [3.63, 3.8) is 0 Å². The molecule has 0 aliphatic carbocycles. The van der Waals surface area contributed by atoms with E-state index in [1.54, 1.807) is 31.2 Å². The summed E-state index contributed by atoms with van der Waals surface area (Å²) in [7, 11) is 0. The van der Waals surface area contributed by atoms with Crippen molar-refractivity contribution in [1.29, 1.82) is 0 Å². The maximum atomic E-state index is 11.6. The van der Waals surface area contributed by atoms with E-state index >= 15 is 0 Å². The minimum absolute atomic E-state index is 0.340. The second-order valence-corrected chi connectivity index (χ2v) is 4.89. The van der Waals surface area contributed by atoms with Gasteiger partial charge in [-0.2, -0.15) is 10.2 Å². The van der Waals surface area contributed by atoms with Crippen LogP contribution >= 0.6 is 0 Å². The van der Waals surface area contributed by atoms with Crippen molar-refractivity contribution in [3.05, 3.63) is 66.7 Å². The van der Waals surface area contributed by atoms with E-state index in [0.29, 0.717) is 24.5 Å². The molecule has 0 amide bonds. The number of nitrogens with zero attached hydrogens (tertiary/aromatic N) is 2. The van der Waals surface area contributed by atoms with Crippen molar-refractivity contribution in [2.24, 2.45) is 10.2 Å². The Morgan fingerprint density at radius 1 is 1.04 bits per heavy atom. The van der Waals surface area contributed by atoms with Crippen LogP contribution in [0.15, 0.2) is 71.4 Å². The fraction of sp³-hybridized carbons (Fsp3) is 0.211. The van der Waals surface area contributed by atoms with Gasteiger partial charge >= 0.3 is 5.97 Å². The maximum absolute atomic E-state index is 11.6. The summed E-state index contributed by atoms with van der Waals surface area (Å²) < 4.78 is 10.5. The molecule has 0 unspecified atom stereocenters. The highest BCUT2D eigenvalue weighted by molar-refractivity contribution is 5.89. The van der Waals surface area contributed by atoms with E-state index in [0.717, 1.165) is 17.9 Å². The number of ether oxygens (including phenoxy) is 2. The molecule has 0 saturated carbocycles. The highest BCUT2D eigenvalue weighted by Gasteiger charge is 2.05. The van der Waals surface area contributed by atoms with Gasteiger partial charge in [0.1, 0.15) is 5.75 Å². The molecular weight excluding hydrogens is 304 g/mol. The third-order valence-corrected chi connectivity index (χ3v) is 3.09. The molecule has 5 heteroatoms. The molecule has 0 fully saturated rings. The van der Waals surface area contributed by atoms with E-state index in [1.807, 2.05) is 30.3 Å². The first-order valence-electron chi connectivity index (χ1n) is 7.75. The van der Waals surface area contributed by atoms with Crippen molar-refractivity contribution in [1.82, 2.24) is 0 Å². The summed E-state index contributed by atoms with van der Waals surface area (Å²) in [5, 5.41) is 8.31. The maximum Gasteiger partial charge on any atom is 0.338 e. The van der Waals surface area contributed by atoms with Gasteiger partial charge in [-0.25, -0.2) is 4.79 Å². The summed E-state index contributed by atoms with van der Waals surface area (Å²) in [6.07, 6.45) is 2.62. The molecule has 24 heavy (non-hydrogen) atoms. The minimum Gasteiger partial charge on any atom is -0.493 e. The number of carbonyl (C=O) groups is 1. The Bertz CT molecular complexity index is 692. The Morgan fingerprint density at radius 3 is 2.17 bits per heavy atom. The zero-order chi connectivity index (χ0) is 17.2. The van der Waals surface area contributed by atoms with Gasteiger partial charge < -0.3 is 9.47 Å². The van der Waals surface area contributed by atoms with Gasteiger partial charge in [0.2, 0.25) is 0 Å². The number of hydrogen-bond acceptors (Lipinski definition) is 5. The Balaban J connectivity index is 1.95. The Kier molecular flexibility index (Phi) is 6.71. The number of benzene rings is 2. The fourth-order valence-corrected chi connectivity index (χ4v) is 1.86. The van der Waals surface area contributed by atoms with E-state index in [9.17, 15) is 4.79 Å². The van der Waals surface area contributed by atoms with Crippen molar-refractivity contribution in [3.8, 4) is 5.75 Å². The van der Waals surface area contributed by atoms with Gasteiger partial charge in [-0.1, -0.05) is 6.08 Å². The van der Waals surface area contributed by atoms with Gasteiger partial charge in [-0.05, 0) is 61.9 Å². The van der Waals surface area contributed by atoms with Gasteiger partial charge in [-0.3, -0.25) is 0 Å². The number of hydrogen-bond donors (Lipinski definition) is 0. The number of azo groups is 1. The zero-order valence-corrected chi connectivity index (χ0v) is 13.6. The summed E-state index contributed by atoms with van der Waals surface area (Å²) in [5.41, 5.74) is 1.88. The Labute approximate surface area is 141 Å². The van der Waals surface area contributed by atoms with E-state index in [-0.39, 0.29) is 5.97 Å². The van der Waals surface area contributed by atoms with Crippen LogP contribution in [0.1, 0.15) is 23.7 Å². The van der Waals surface area contributed by atoms with Crippen LogP contribution < -0.4 is 4.74 Å². The summed E-state index contributed by atoms with van der Waals surface area (Å²) >= 11 is 0. The van der Waals surface area contributed by atoms with E-state index < -0.39 is 0 Å². The lowest BCUT2D eigenvalue weighted by Crippen LogP contribution is -2.03. The molecule has 0 heterocycles. The van der Waals surface area contributed by atoms with Gasteiger partial charge in [0.15, 0.2) is 0 Å². The first kappa shape index (κ1) is 17.4. The van der Waals surface area contributed by atoms with E-state index in [1.165, 1.54) is 0 Å². The summed E-state index contributed by atoms with van der Waals surface area (Å²) in [6.45, 7) is 6.39. The van der Waals surface area contributed by atoms with Crippen LogP contribution in [0.25, 0.3) is 0 Å². The molecule has 0 aliphatic heterocycles. The quantitative estimate of drug-likeness (QED) is 0.289. The van der Waals surface area contributed by atoms with Crippen molar-refractivity contribution in [2.75, 3.05) is 13.2 Å². The lowest BCUT2D eigenvalue weighted by Gasteiger charge is -2.03. The predicted octanol–water partition coefficient (Wildman–Crippen LogP) is 5.23. The molecule has 0 radical (unpaired) electrons. The van der Waals surface area contributed by atoms with Crippen LogP contribution in [0.2, 0.25) is 0 Å². The Hall–Kier alpha value is -2.95. The molecule has 0 aromatic heterocycles. The second kappa shape index (κ2) is 9.25. The molecule has 2 aromatic carbocycles. The molecular formula is C19H20N2O3. The van der Waals surface area contributed by atoms with Crippen molar-refractivity contribution in [2.45, 2.75) is 13.3 Å². The molecule has 0 N–H and O–H groups in total. The predicted molar refractivity (Wildman–Crippen MR) is 93.3 cm³/mol. The van der Waals surface area contributed by atoms with Gasteiger partial charge in [0, 0.05) is 0 Å². The van der Waals surface area contributed by atoms with Gasteiger partial charge in [0.05, 0.1) is 30.2 Å². The molecule has 0 aliphatic rings. The van der Waals surface area contributed by atoms with Crippen LogP contribution in [0.3, 0.4) is 0 Å². The second-order valence-electron chi connectivity index (χ2n) is 4.89. The smallest absolute Gasteiger partial charge is 0.338 e.